The van der Waals surface area contributed by atoms with Crippen LogP contribution in [0.5, 0.6) is 0 Å². The van der Waals surface area contributed by atoms with E-state index >= 15 is 0 Å². The van der Waals surface area contributed by atoms with E-state index in [2.05, 4.69) is 37.1 Å². The highest BCUT2D eigenvalue weighted by Crippen LogP contribution is 2.33. The van der Waals surface area contributed by atoms with Crippen LogP contribution in [0.3, 0.4) is 0 Å². The summed E-state index contributed by atoms with van der Waals surface area (Å²) in [5.41, 5.74) is 2.29. The zero-order valence-electron chi connectivity index (χ0n) is 21.6. The number of rotatable bonds is 6. The third kappa shape index (κ3) is 5.18. The smallest absolute Gasteiger partial charge is 0.368 e. The van der Waals surface area contributed by atoms with Crippen molar-refractivity contribution in [2.75, 3.05) is 30.4 Å². The van der Waals surface area contributed by atoms with Crippen LogP contribution in [0.15, 0.2) is 61.1 Å². The van der Waals surface area contributed by atoms with Gasteiger partial charge in [0, 0.05) is 48.3 Å². The number of aromatic nitrogens is 4. The molecular formula is C28H27F4N7O. The summed E-state index contributed by atoms with van der Waals surface area (Å²) in [6, 6.07) is 14.0. The van der Waals surface area contributed by atoms with Gasteiger partial charge in [0.1, 0.15) is 23.7 Å². The van der Waals surface area contributed by atoms with Crippen LogP contribution in [0, 0.1) is 5.82 Å². The number of piperazine rings is 1. The number of anilines is 2. The molecule has 8 nitrogen and oxygen atoms in total. The summed E-state index contributed by atoms with van der Waals surface area (Å²) < 4.78 is 54.2. The van der Waals surface area contributed by atoms with Gasteiger partial charge in [-0.25, -0.2) is 14.4 Å². The van der Waals surface area contributed by atoms with Gasteiger partial charge in [0.25, 0.3) is 5.91 Å². The number of hydrogen-bond donors (Lipinski definition) is 2. The Balaban J connectivity index is 1.20. The molecule has 6 rings (SSSR count). The summed E-state index contributed by atoms with van der Waals surface area (Å²) in [6.07, 6.45) is 0.285. The minimum Gasteiger partial charge on any atom is -0.368 e. The number of nitrogens with zero attached hydrogens (tertiary/aromatic N) is 5. The first kappa shape index (κ1) is 26.1. The molecule has 2 aromatic heterocycles. The fourth-order valence-electron chi connectivity index (χ4n) is 5.60. The number of fused-ring (bicyclic) bond motifs is 2. The number of amides is 1. The van der Waals surface area contributed by atoms with Crippen molar-refractivity contribution in [2.45, 2.75) is 37.6 Å². The van der Waals surface area contributed by atoms with Crippen molar-refractivity contribution < 1.29 is 22.4 Å². The molecule has 2 unspecified atom stereocenters. The minimum atomic E-state index is -4.52. The Bertz CT molecular complexity index is 1500. The van der Waals surface area contributed by atoms with Gasteiger partial charge in [-0.3, -0.25) is 9.69 Å². The van der Waals surface area contributed by atoms with Crippen molar-refractivity contribution in [3.63, 3.8) is 0 Å². The molecule has 2 atom stereocenters. The van der Waals surface area contributed by atoms with Crippen LogP contribution in [0.1, 0.15) is 23.3 Å². The summed E-state index contributed by atoms with van der Waals surface area (Å²) in [4.78, 5) is 29.0. The van der Waals surface area contributed by atoms with Crippen molar-refractivity contribution in [1.82, 2.24) is 24.4 Å². The number of H-pyrrole nitrogens is 1. The first-order chi connectivity index (χ1) is 19.1. The Morgan fingerprint density at radius 1 is 1.05 bits per heavy atom. The lowest BCUT2D eigenvalue weighted by molar-refractivity contribution is -0.140. The number of carbonyl (C=O) groups is 1. The van der Waals surface area contributed by atoms with Gasteiger partial charge in [0.05, 0.1) is 12.0 Å². The Kier molecular flexibility index (Phi) is 6.57. The summed E-state index contributed by atoms with van der Waals surface area (Å²) >= 11 is 0. The van der Waals surface area contributed by atoms with E-state index in [4.69, 9.17) is 0 Å². The lowest BCUT2D eigenvalue weighted by Crippen LogP contribution is -2.52. The lowest BCUT2D eigenvalue weighted by atomic mass is 10.1. The molecule has 0 aliphatic carbocycles. The maximum atomic E-state index is 13.4. The maximum Gasteiger partial charge on any atom is 0.406 e. The number of halogens is 4. The molecule has 4 heterocycles. The van der Waals surface area contributed by atoms with Gasteiger partial charge >= 0.3 is 6.18 Å². The molecule has 0 spiro atoms. The Hall–Kier alpha value is -4.19. The number of hydrogen-bond acceptors (Lipinski definition) is 5. The van der Waals surface area contributed by atoms with E-state index < -0.39 is 24.4 Å². The summed E-state index contributed by atoms with van der Waals surface area (Å²) in [7, 11) is 2.19. The summed E-state index contributed by atoms with van der Waals surface area (Å²) in [6.45, 7) is 0.638. The number of nitrogens with one attached hydrogen (secondary N) is 2. The molecule has 2 N–H and O–H groups in total. The number of benzene rings is 2. The highest BCUT2D eigenvalue weighted by molar-refractivity contribution is 6.03. The monoisotopic (exact) mass is 553 g/mol. The fourth-order valence-corrected chi connectivity index (χ4v) is 5.60. The first-order valence-electron chi connectivity index (χ1n) is 13.0. The van der Waals surface area contributed by atoms with Crippen molar-refractivity contribution in [2.24, 2.45) is 0 Å². The van der Waals surface area contributed by atoms with Gasteiger partial charge in [-0.1, -0.05) is 0 Å². The third-order valence-corrected chi connectivity index (χ3v) is 7.68. The molecule has 208 valence electrons. The van der Waals surface area contributed by atoms with Crippen LogP contribution < -0.4 is 10.2 Å². The highest BCUT2D eigenvalue weighted by Gasteiger charge is 2.37. The van der Waals surface area contributed by atoms with Crippen LogP contribution >= 0.6 is 0 Å². The largest absolute Gasteiger partial charge is 0.406 e. The van der Waals surface area contributed by atoms with Gasteiger partial charge in [0.2, 0.25) is 0 Å². The van der Waals surface area contributed by atoms with E-state index in [0.717, 1.165) is 29.7 Å². The molecule has 40 heavy (non-hydrogen) atoms. The number of alkyl halides is 3. The average molecular weight is 554 g/mol. The third-order valence-electron chi connectivity index (χ3n) is 7.68. The molecule has 2 fully saturated rings. The number of imidazole rings is 2. The van der Waals surface area contributed by atoms with Gasteiger partial charge in [-0.15, -0.1) is 0 Å². The second-order valence-electron chi connectivity index (χ2n) is 10.3. The SMILES string of the molecule is CN1C2CCC1CN(c1ccc(NC(=O)c3c[nH]c(-c4c(-c5ccc(F)cc5)ncn4CC(F)(F)F)n3)cc1)C2. The van der Waals surface area contributed by atoms with Crippen molar-refractivity contribution in [3.05, 3.63) is 72.6 Å². The van der Waals surface area contributed by atoms with Crippen LogP contribution in [0.2, 0.25) is 0 Å². The molecule has 1 amide bonds. The molecule has 2 aliphatic heterocycles. The highest BCUT2D eigenvalue weighted by atomic mass is 19.4. The fraction of sp³-hybridized carbons (Fsp3) is 0.321. The summed E-state index contributed by atoms with van der Waals surface area (Å²) in [5, 5.41) is 2.80. The number of aromatic amines is 1. The molecule has 4 aromatic rings. The Morgan fingerprint density at radius 3 is 2.38 bits per heavy atom. The van der Waals surface area contributed by atoms with Gasteiger partial charge < -0.3 is 19.8 Å². The zero-order chi connectivity index (χ0) is 28.0. The molecule has 2 bridgehead atoms. The molecule has 0 radical (unpaired) electrons. The second-order valence-corrected chi connectivity index (χ2v) is 10.3. The normalized spacial score (nSPS) is 19.3. The maximum absolute atomic E-state index is 13.4. The van der Waals surface area contributed by atoms with Crippen molar-refractivity contribution in [3.8, 4) is 22.8 Å². The molecule has 12 heteroatoms. The minimum absolute atomic E-state index is 0.000431. The average Bonchev–Trinajstić information content (AvgIpc) is 3.59. The van der Waals surface area contributed by atoms with Crippen LogP contribution in [-0.2, 0) is 6.54 Å². The van der Waals surface area contributed by atoms with Gasteiger partial charge in [-0.05, 0) is 68.4 Å². The summed E-state index contributed by atoms with van der Waals surface area (Å²) in [5.74, 6) is -0.968. The predicted molar refractivity (Wildman–Crippen MR) is 142 cm³/mol. The molecule has 0 saturated carbocycles. The van der Waals surface area contributed by atoms with Gasteiger partial charge in [0.15, 0.2) is 5.82 Å². The zero-order valence-corrected chi connectivity index (χ0v) is 21.6. The number of likely N-dealkylation sites (N-methyl/N-ethyl adjacent to an activating group) is 1. The standard InChI is InChI=1S/C28H27F4N7O/c1-37-21-10-11-22(37)14-38(13-21)20-8-6-19(7-9-20)35-27(40)23-12-33-26(36-23)25-24(17-2-4-18(29)5-3-17)34-16-39(25)15-28(30,31)32/h2-9,12,16,21-22H,10-11,13-15H2,1H3,(H,33,36)(H,35,40). The quantitative estimate of drug-likeness (QED) is 0.322. The van der Waals surface area contributed by atoms with E-state index in [1.165, 1.54) is 43.3 Å². The van der Waals surface area contributed by atoms with E-state index in [9.17, 15) is 22.4 Å². The van der Waals surface area contributed by atoms with E-state index in [-0.39, 0.29) is 22.9 Å². The molecule has 2 aromatic carbocycles. The number of carbonyl (C=O) groups excluding carboxylic acids is 1. The Morgan fingerprint density at radius 2 is 1.73 bits per heavy atom. The lowest BCUT2D eigenvalue weighted by Gasteiger charge is -2.40. The van der Waals surface area contributed by atoms with Crippen molar-refractivity contribution in [1.29, 1.82) is 0 Å². The van der Waals surface area contributed by atoms with E-state index in [0.29, 0.717) is 23.3 Å². The first-order valence-corrected chi connectivity index (χ1v) is 13.0. The van der Waals surface area contributed by atoms with Crippen LogP contribution in [-0.4, -0.2) is 68.7 Å². The topological polar surface area (TPSA) is 82.1 Å². The van der Waals surface area contributed by atoms with Crippen LogP contribution in [0.4, 0.5) is 28.9 Å². The van der Waals surface area contributed by atoms with Gasteiger partial charge in [-0.2, -0.15) is 13.2 Å². The molecule has 2 aliphatic rings. The predicted octanol–water partition coefficient (Wildman–Crippen LogP) is 5.18. The second kappa shape index (κ2) is 10.1. The Labute approximate surface area is 227 Å². The van der Waals surface area contributed by atoms with Crippen molar-refractivity contribution >= 4 is 17.3 Å². The van der Waals surface area contributed by atoms with E-state index in [1.54, 1.807) is 0 Å². The molecule has 2 saturated heterocycles. The van der Waals surface area contributed by atoms with E-state index in [1.807, 2.05) is 24.3 Å². The van der Waals surface area contributed by atoms with Crippen LogP contribution in [0.25, 0.3) is 22.8 Å². The molecular weight excluding hydrogens is 526 g/mol.